The van der Waals surface area contributed by atoms with Gasteiger partial charge in [-0.15, -0.1) is 13.2 Å². The fourth-order valence-electron chi connectivity index (χ4n) is 1.28. The number of methoxy groups -OCH3 is 1. The lowest BCUT2D eigenvalue weighted by Crippen LogP contribution is -2.19. The van der Waals surface area contributed by atoms with Crippen molar-refractivity contribution in [2.45, 2.75) is 19.4 Å². The van der Waals surface area contributed by atoms with Gasteiger partial charge in [0, 0.05) is 0 Å². The van der Waals surface area contributed by atoms with E-state index in [1.54, 1.807) is 0 Å². The van der Waals surface area contributed by atoms with Crippen molar-refractivity contribution in [1.29, 1.82) is 0 Å². The molecule has 1 aromatic rings. The lowest BCUT2D eigenvalue weighted by molar-refractivity contribution is -0.275. The van der Waals surface area contributed by atoms with Gasteiger partial charge < -0.3 is 14.6 Å². The molecule has 0 saturated heterocycles. The number of aliphatic hydroxyl groups excluding tert-OH is 1. The molecule has 0 amide bonds. The number of nitrogens with zero attached hydrogens (tertiary/aromatic N) is 1. The molecular weight excluding hydrogens is 265 g/mol. The molecule has 0 aliphatic carbocycles. The summed E-state index contributed by atoms with van der Waals surface area (Å²) >= 11 is 0. The molecule has 0 fully saturated rings. The fourth-order valence-corrected chi connectivity index (χ4v) is 1.28. The predicted octanol–water partition coefficient (Wildman–Crippen LogP) is 2.42. The minimum atomic E-state index is -5.02. The highest BCUT2D eigenvalue weighted by Gasteiger charge is 2.34. The van der Waals surface area contributed by atoms with Gasteiger partial charge >= 0.3 is 6.36 Å². The van der Waals surface area contributed by atoms with Gasteiger partial charge in [-0.3, -0.25) is 0 Å². The number of hydrogen-bond acceptors (Lipinski definition) is 4. The molecule has 0 saturated carbocycles. The Morgan fingerprint density at radius 2 is 2.00 bits per heavy atom. The fraction of sp³-hybridized carbons (Fsp3) is 0.444. The average Bonchev–Trinajstić information content (AvgIpc) is 2.25. The largest absolute Gasteiger partial charge is 0.573 e. The standard InChI is InChI=1S/C9H8F5NO3/c1-17-7-4(3-16)5(18-9(12,13)14)2-15-6(7)8(10)11/h2,8,16H,3H2,1H3. The third kappa shape index (κ3) is 3.19. The lowest BCUT2D eigenvalue weighted by atomic mass is 10.2. The first-order valence-corrected chi connectivity index (χ1v) is 4.50. The van der Waals surface area contributed by atoms with Crippen LogP contribution in [-0.2, 0) is 6.61 Å². The Morgan fingerprint density at radius 1 is 1.39 bits per heavy atom. The van der Waals surface area contributed by atoms with Gasteiger partial charge in [0.05, 0.1) is 25.5 Å². The maximum Gasteiger partial charge on any atom is 0.573 e. The molecule has 1 N–H and O–H groups in total. The molecule has 4 nitrogen and oxygen atoms in total. The van der Waals surface area contributed by atoms with Crippen molar-refractivity contribution >= 4 is 0 Å². The van der Waals surface area contributed by atoms with E-state index in [0.717, 1.165) is 7.11 Å². The van der Waals surface area contributed by atoms with Gasteiger partial charge in [0.15, 0.2) is 11.5 Å². The number of aliphatic hydroxyl groups is 1. The molecule has 0 unspecified atom stereocenters. The van der Waals surface area contributed by atoms with Crippen LogP contribution in [0.2, 0.25) is 0 Å². The van der Waals surface area contributed by atoms with E-state index in [2.05, 4.69) is 14.5 Å². The topological polar surface area (TPSA) is 51.6 Å². The third-order valence-electron chi connectivity index (χ3n) is 1.92. The molecule has 0 aliphatic heterocycles. The van der Waals surface area contributed by atoms with Gasteiger partial charge in [0.25, 0.3) is 6.43 Å². The van der Waals surface area contributed by atoms with Gasteiger partial charge in [0.2, 0.25) is 0 Å². The highest BCUT2D eigenvalue weighted by molar-refractivity contribution is 5.46. The molecule has 1 aromatic heterocycles. The average molecular weight is 273 g/mol. The molecule has 0 aromatic carbocycles. The number of halogens is 5. The molecule has 1 heterocycles. The first-order valence-electron chi connectivity index (χ1n) is 4.50. The summed E-state index contributed by atoms with van der Waals surface area (Å²) < 4.78 is 69.2. The molecular formula is C9H8F5NO3. The summed E-state index contributed by atoms with van der Waals surface area (Å²) in [5.41, 5.74) is -1.41. The minimum Gasteiger partial charge on any atom is -0.494 e. The molecule has 0 spiro atoms. The number of ether oxygens (including phenoxy) is 2. The lowest BCUT2D eigenvalue weighted by Gasteiger charge is -2.16. The van der Waals surface area contributed by atoms with Crippen LogP contribution in [0.25, 0.3) is 0 Å². The smallest absolute Gasteiger partial charge is 0.494 e. The highest BCUT2D eigenvalue weighted by atomic mass is 19.4. The summed E-state index contributed by atoms with van der Waals surface area (Å²) in [6, 6.07) is 0. The van der Waals surface area contributed by atoms with Crippen molar-refractivity contribution in [2.75, 3.05) is 7.11 Å². The third-order valence-corrected chi connectivity index (χ3v) is 1.92. The summed E-state index contributed by atoms with van der Waals surface area (Å²) in [5, 5.41) is 8.93. The minimum absolute atomic E-state index is 0.461. The van der Waals surface area contributed by atoms with Crippen molar-refractivity contribution < 1.29 is 36.5 Å². The van der Waals surface area contributed by atoms with Crippen molar-refractivity contribution in [1.82, 2.24) is 4.98 Å². The van der Waals surface area contributed by atoms with Crippen LogP contribution < -0.4 is 9.47 Å². The Balaban J connectivity index is 3.30. The van der Waals surface area contributed by atoms with E-state index in [9.17, 15) is 22.0 Å². The second-order valence-corrected chi connectivity index (χ2v) is 3.03. The molecule has 102 valence electrons. The van der Waals surface area contributed by atoms with Gasteiger partial charge in [-0.1, -0.05) is 0 Å². The Kier molecular flexibility index (Phi) is 4.28. The SMILES string of the molecule is COc1c(C(F)F)ncc(OC(F)(F)F)c1CO. The summed E-state index contributed by atoms with van der Waals surface area (Å²) in [5.74, 6) is -1.51. The predicted molar refractivity (Wildman–Crippen MR) is 48.4 cm³/mol. The van der Waals surface area contributed by atoms with Crippen LogP contribution in [0.5, 0.6) is 11.5 Å². The van der Waals surface area contributed by atoms with Crippen molar-refractivity contribution in [3.8, 4) is 11.5 Å². The van der Waals surface area contributed by atoms with Crippen molar-refractivity contribution in [3.05, 3.63) is 17.5 Å². The van der Waals surface area contributed by atoms with Crippen LogP contribution in [0.3, 0.4) is 0 Å². The van der Waals surface area contributed by atoms with E-state index in [1.807, 2.05) is 0 Å². The number of pyridine rings is 1. The van der Waals surface area contributed by atoms with E-state index < -0.39 is 42.2 Å². The van der Waals surface area contributed by atoms with Crippen LogP contribution in [0, 0.1) is 0 Å². The van der Waals surface area contributed by atoms with E-state index >= 15 is 0 Å². The summed E-state index contributed by atoms with van der Waals surface area (Å²) in [4.78, 5) is 3.13. The quantitative estimate of drug-likeness (QED) is 0.856. The highest BCUT2D eigenvalue weighted by Crippen LogP contribution is 2.37. The molecule has 0 aliphatic rings. The van der Waals surface area contributed by atoms with Crippen LogP contribution in [-0.4, -0.2) is 23.6 Å². The molecule has 18 heavy (non-hydrogen) atoms. The second kappa shape index (κ2) is 5.34. The first-order chi connectivity index (χ1) is 8.30. The second-order valence-electron chi connectivity index (χ2n) is 3.03. The van der Waals surface area contributed by atoms with Crippen LogP contribution >= 0.6 is 0 Å². The van der Waals surface area contributed by atoms with Gasteiger partial charge in [-0.25, -0.2) is 13.8 Å². The van der Waals surface area contributed by atoms with Gasteiger partial charge in [-0.2, -0.15) is 0 Å². The zero-order valence-corrected chi connectivity index (χ0v) is 8.96. The number of aromatic nitrogens is 1. The maximum atomic E-state index is 12.5. The Bertz CT molecular complexity index is 421. The Hall–Kier alpha value is -1.64. The van der Waals surface area contributed by atoms with Gasteiger partial charge in [-0.05, 0) is 0 Å². The molecule has 1 rings (SSSR count). The van der Waals surface area contributed by atoms with Crippen LogP contribution in [0.15, 0.2) is 6.20 Å². The van der Waals surface area contributed by atoms with E-state index in [0.29, 0.717) is 6.20 Å². The normalized spacial score (nSPS) is 11.8. The van der Waals surface area contributed by atoms with Crippen LogP contribution in [0.1, 0.15) is 17.7 Å². The molecule has 0 bridgehead atoms. The van der Waals surface area contributed by atoms with Crippen molar-refractivity contribution in [3.63, 3.8) is 0 Å². The van der Waals surface area contributed by atoms with Gasteiger partial charge in [0.1, 0.15) is 5.69 Å². The number of alkyl halides is 5. The zero-order valence-electron chi connectivity index (χ0n) is 8.96. The maximum absolute atomic E-state index is 12.5. The molecule has 0 atom stereocenters. The Labute approximate surface area is 98.0 Å². The number of rotatable bonds is 4. The summed E-state index contributed by atoms with van der Waals surface area (Å²) in [6.45, 7) is -0.961. The zero-order chi connectivity index (χ0) is 13.9. The van der Waals surface area contributed by atoms with Crippen LogP contribution in [0.4, 0.5) is 22.0 Å². The van der Waals surface area contributed by atoms with Crippen molar-refractivity contribution in [2.24, 2.45) is 0 Å². The monoisotopic (exact) mass is 273 g/mol. The van der Waals surface area contributed by atoms with E-state index in [-0.39, 0.29) is 0 Å². The first kappa shape index (κ1) is 14.4. The summed E-state index contributed by atoms with van der Waals surface area (Å²) in [6.07, 6.45) is -7.61. The Morgan fingerprint density at radius 3 is 2.39 bits per heavy atom. The van der Waals surface area contributed by atoms with E-state index in [1.165, 1.54) is 0 Å². The molecule has 9 heteroatoms. The molecule has 0 radical (unpaired) electrons. The number of hydrogen-bond donors (Lipinski definition) is 1. The summed E-state index contributed by atoms with van der Waals surface area (Å²) in [7, 11) is 0.972. The van der Waals surface area contributed by atoms with E-state index in [4.69, 9.17) is 5.11 Å².